The summed E-state index contributed by atoms with van der Waals surface area (Å²) in [5, 5.41) is 7.43. The highest BCUT2D eigenvalue weighted by Gasteiger charge is 2.17. The molecule has 0 atom stereocenters. The zero-order valence-electron chi connectivity index (χ0n) is 14.3. The Labute approximate surface area is 157 Å². The van der Waals surface area contributed by atoms with Gasteiger partial charge < -0.3 is 10.6 Å². The van der Waals surface area contributed by atoms with Gasteiger partial charge in [0.2, 0.25) is 5.95 Å². The highest BCUT2D eigenvalue weighted by molar-refractivity contribution is 6.33. The van der Waals surface area contributed by atoms with Gasteiger partial charge in [0.1, 0.15) is 5.82 Å². The Kier molecular flexibility index (Phi) is 4.97. The zero-order valence-corrected chi connectivity index (χ0v) is 15.1. The van der Waals surface area contributed by atoms with E-state index in [1.54, 1.807) is 12.4 Å². The molecule has 0 spiro atoms. The van der Waals surface area contributed by atoms with Crippen LogP contribution in [0.3, 0.4) is 0 Å². The van der Waals surface area contributed by atoms with Crippen molar-refractivity contribution >= 4 is 29.1 Å². The Hall–Kier alpha value is -2.66. The Morgan fingerprint density at radius 1 is 1.00 bits per heavy atom. The number of hydrogen-bond acceptors (Lipinski definition) is 5. The average molecular weight is 366 g/mol. The summed E-state index contributed by atoms with van der Waals surface area (Å²) >= 11 is 6.28. The minimum absolute atomic E-state index is 0.437. The maximum Gasteiger partial charge on any atom is 0.225 e. The quantitative estimate of drug-likeness (QED) is 0.643. The third-order valence-electron chi connectivity index (χ3n) is 4.51. The number of hydrogen-bond donors (Lipinski definition) is 2. The smallest absolute Gasteiger partial charge is 0.225 e. The summed E-state index contributed by atoms with van der Waals surface area (Å²) in [6, 6.07) is 13.9. The summed E-state index contributed by atoms with van der Waals surface area (Å²) in [6.45, 7) is 0. The van der Waals surface area contributed by atoms with Gasteiger partial charge in [-0.1, -0.05) is 36.6 Å². The van der Waals surface area contributed by atoms with Crippen LogP contribution < -0.4 is 10.6 Å². The van der Waals surface area contributed by atoms with E-state index >= 15 is 0 Å². The van der Waals surface area contributed by atoms with Crippen LogP contribution in [0.2, 0.25) is 5.02 Å². The molecule has 1 aromatic carbocycles. The van der Waals surface area contributed by atoms with Crippen molar-refractivity contribution in [2.24, 2.45) is 0 Å². The second kappa shape index (κ2) is 7.70. The molecule has 2 heterocycles. The largest absolute Gasteiger partial charge is 0.351 e. The van der Waals surface area contributed by atoms with Crippen LogP contribution in [0.1, 0.15) is 25.7 Å². The van der Waals surface area contributed by atoms with Gasteiger partial charge in [-0.15, -0.1) is 0 Å². The number of benzene rings is 1. The van der Waals surface area contributed by atoms with Crippen molar-refractivity contribution in [3.8, 4) is 11.3 Å². The molecule has 5 nitrogen and oxygen atoms in total. The molecule has 1 aliphatic carbocycles. The Morgan fingerprint density at radius 2 is 1.85 bits per heavy atom. The molecule has 0 unspecified atom stereocenters. The van der Waals surface area contributed by atoms with Crippen molar-refractivity contribution in [2.45, 2.75) is 31.7 Å². The molecule has 6 heteroatoms. The maximum atomic E-state index is 6.28. The van der Waals surface area contributed by atoms with E-state index in [2.05, 4.69) is 20.6 Å². The van der Waals surface area contributed by atoms with E-state index in [1.807, 2.05) is 42.5 Å². The molecule has 0 radical (unpaired) electrons. The first-order valence-corrected chi connectivity index (χ1v) is 9.23. The van der Waals surface area contributed by atoms with E-state index in [0.717, 1.165) is 29.8 Å². The van der Waals surface area contributed by atoms with Gasteiger partial charge in [0.25, 0.3) is 0 Å². The van der Waals surface area contributed by atoms with Crippen molar-refractivity contribution in [3.05, 3.63) is 59.9 Å². The van der Waals surface area contributed by atoms with E-state index in [1.165, 1.54) is 12.8 Å². The van der Waals surface area contributed by atoms with Crippen LogP contribution in [0.25, 0.3) is 11.3 Å². The van der Waals surface area contributed by atoms with E-state index in [0.29, 0.717) is 22.8 Å². The van der Waals surface area contributed by atoms with Crippen LogP contribution in [0, 0.1) is 0 Å². The van der Waals surface area contributed by atoms with Crippen LogP contribution >= 0.6 is 11.6 Å². The SMILES string of the molecule is Clc1ccccc1Nc1cc(-c2cccnc2)nc(NC2CCCC2)n1. The predicted molar refractivity (Wildman–Crippen MR) is 106 cm³/mol. The van der Waals surface area contributed by atoms with Gasteiger partial charge in [-0.3, -0.25) is 4.98 Å². The molecule has 0 aliphatic heterocycles. The minimum Gasteiger partial charge on any atom is -0.351 e. The Balaban J connectivity index is 1.68. The van der Waals surface area contributed by atoms with Crippen molar-refractivity contribution in [1.29, 1.82) is 0 Å². The summed E-state index contributed by atoms with van der Waals surface area (Å²) in [5.74, 6) is 1.33. The van der Waals surface area contributed by atoms with Gasteiger partial charge in [0.15, 0.2) is 0 Å². The molecule has 0 bridgehead atoms. The lowest BCUT2D eigenvalue weighted by molar-refractivity contribution is 0.744. The molecular weight excluding hydrogens is 346 g/mol. The first-order valence-electron chi connectivity index (χ1n) is 8.85. The Bertz CT molecular complexity index is 878. The lowest BCUT2D eigenvalue weighted by Crippen LogP contribution is -2.17. The number of rotatable bonds is 5. The predicted octanol–water partition coefficient (Wildman–Crippen LogP) is 5.29. The second-order valence-electron chi connectivity index (χ2n) is 6.43. The van der Waals surface area contributed by atoms with Crippen LogP contribution in [-0.2, 0) is 0 Å². The first-order chi connectivity index (χ1) is 12.8. The molecule has 4 rings (SSSR count). The molecule has 0 saturated heterocycles. The molecule has 1 saturated carbocycles. The van der Waals surface area contributed by atoms with Crippen molar-refractivity contribution in [3.63, 3.8) is 0 Å². The highest BCUT2D eigenvalue weighted by Crippen LogP contribution is 2.28. The van der Waals surface area contributed by atoms with Crippen LogP contribution in [0.4, 0.5) is 17.5 Å². The molecule has 2 N–H and O–H groups in total. The summed E-state index contributed by atoms with van der Waals surface area (Å²) in [7, 11) is 0. The summed E-state index contributed by atoms with van der Waals surface area (Å²) in [5.41, 5.74) is 2.59. The number of halogens is 1. The highest BCUT2D eigenvalue weighted by atomic mass is 35.5. The third-order valence-corrected chi connectivity index (χ3v) is 4.84. The zero-order chi connectivity index (χ0) is 17.8. The number of pyridine rings is 1. The second-order valence-corrected chi connectivity index (χ2v) is 6.84. The molecule has 0 amide bonds. The summed E-state index contributed by atoms with van der Waals surface area (Å²) in [4.78, 5) is 13.5. The van der Waals surface area contributed by atoms with Crippen LogP contribution in [0.5, 0.6) is 0 Å². The van der Waals surface area contributed by atoms with Gasteiger partial charge in [0, 0.05) is 30.1 Å². The summed E-state index contributed by atoms with van der Waals surface area (Å²) in [6.07, 6.45) is 8.39. The number of para-hydroxylation sites is 1. The van der Waals surface area contributed by atoms with Gasteiger partial charge in [-0.05, 0) is 37.1 Å². The minimum atomic E-state index is 0.437. The molecule has 2 aromatic heterocycles. The van der Waals surface area contributed by atoms with E-state index in [9.17, 15) is 0 Å². The molecular formula is C20H20ClN5. The number of nitrogens with one attached hydrogen (secondary N) is 2. The van der Waals surface area contributed by atoms with Gasteiger partial charge in [-0.2, -0.15) is 4.98 Å². The first kappa shape index (κ1) is 16.8. The normalized spacial score (nSPS) is 14.3. The monoisotopic (exact) mass is 365 g/mol. The van der Waals surface area contributed by atoms with Crippen LogP contribution in [-0.4, -0.2) is 21.0 Å². The fraction of sp³-hybridized carbons (Fsp3) is 0.250. The fourth-order valence-corrected chi connectivity index (χ4v) is 3.37. The van der Waals surface area contributed by atoms with Gasteiger partial charge in [-0.25, -0.2) is 4.98 Å². The van der Waals surface area contributed by atoms with Crippen molar-refractivity contribution in [2.75, 3.05) is 10.6 Å². The topological polar surface area (TPSA) is 62.7 Å². The molecule has 26 heavy (non-hydrogen) atoms. The van der Waals surface area contributed by atoms with Gasteiger partial charge >= 0.3 is 0 Å². The number of anilines is 3. The van der Waals surface area contributed by atoms with E-state index in [-0.39, 0.29) is 0 Å². The maximum absolute atomic E-state index is 6.28. The molecule has 1 fully saturated rings. The summed E-state index contributed by atoms with van der Waals surface area (Å²) < 4.78 is 0. The number of aromatic nitrogens is 3. The standard InChI is InChI=1S/C20H20ClN5/c21-16-9-3-4-10-17(16)24-19-12-18(14-6-5-11-22-13-14)25-20(26-19)23-15-7-1-2-8-15/h3-6,9-13,15H,1-2,7-8H2,(H2,23,24,25,26). The van der Waals surface area contributed by atoms with Crippen LogP contribution in [0.15, 0.2) is 54.9 Å². The lowest BCUT2D eigenvalue weighted by Gasteiger charge is -2.15. The average Bonchev–Trinajstić information content (AvgIpc) is 3.17. The molecule has 132 valence electrons. The lowest BCUT2D eigenvalue weighted by atomic mass is 10.2. The molecule has 1 aliphatic rings. The molecule has 3 aromatic rings. The fourth-order valence-electron chi connectivity index (χ4n) is 3.19. The Morgan fingerprint density at radius 3 is 2.62 bits per heavy atom. The number of nitrogens with zero attached hydrogens (tertiary/aromatic N) is 3. The van der Waals surface area contributed by atoms with Crippen molar-refractivity contribution in [1.82, 2.24) is 15.0 Å². The van der Waals surface area contributed by atoms with Gasteiger partial charge in [0.05, 0.1) is 16.4 Å². The third kappa shape index (κ3) is 3.94. The van der Waals surface area contributed by atoms with Crippen molar-refractivity contribution < 1.29 is 0 Å². The van der Waals surface area contributed by atoms with E-state index < -0.39 is 0 Å². The van der Waals surface area contributed by atoms with E-state index in [4.69, 9.17) is 16.6 Å².